The minimum atomic E-state index is 0.530. The molecule has 0 amide bonds. The van der Waals surface area contributed by atoms with Crippen molar-refractivity contribution in [3.8, 4) is 11.4 Å². The number of benzene rings is 1. The number of aromatic nitrogens is 5. The third-order valence-electron chi connectivity index (χ3n) is 5.67. The van der Waals surface area contributed by atoms with Crippen LogP contribution in [0, 0.1) is 0 Å². The minimum Gasteiger partial charge on any atom is -0.341 e. The van der Waals surface area contributed by atoms with Gasteiger partial charge < -0.3 is 14.9 Å². The normalized spacial score (nSPS) is 18.5. The first-order valence-corrected chi connectivity index (χ1v) is 9.81. The second-order valence-corrected chi connectivity index (χ2v) is 7.48. The van der Waals surface area contributed by atoms with Crippen LogP contribution in [0.3, 0.4) is 0 Å². The Labute approximate surface area is 158 Å². The molecule has 7 heteroatoms. The Morgan fingerprint density at radius 3 is 2.74 bits per heavy atom. The number of nitrogens with one attached hydrogen (secondary N) is 2. The molecule has 2 aliphatic rings. The summed E-state index contributed by atoms with van der Waals surface area (Å²) in [5.41, 5.74) is 2.31. The molecule has 1 saturated heterocycles. The quantitative estimate of drug-likeness (QED) is 0.743. The molecule has 140 valence electrons. The highest BCUT2D eigenvalue weighted by Crippen LogP contribution is 2.28. The van der Waals surface area contributed by atoms with E-state index in [9.17, 15) is 0 Å². The molecule has 4 heterocycles. The molecule has 0 unspecified atom stereocenters. The molecule has 0 aliphatic carbocycles. The lowest BCUT2D eigenvalue weighted by molar-refractivity contribution is 0.198. The average Bonchev–Trinajstić information content (AvgIpc) is 3.37. The van der Waals surface area contributed by atoms with Gasteiger partial charge in [0.2, 0.25) is 0 Å². The van der Waals surface area contributed by atoms with Gasteiger partial charge in [-0.15, -0.1) is 10.2 Å². The van der Waals surface area contributed by atoms with Crippen LogP contribution >= 0.6 is 0 Å². The summed E-state index contributed by atoms with van der Waals surface area (Å²) in [6, 6.07) is 10.3. The monoisotopic (exact) mass is 363 g/mol. The largest absolute Gasteiger partial charge is 0.341 e. The lowest BCUT2D eigenvalue weighted by atomic mass is 9.95. The fraction of sp³-hybridized carbons (Fsp3) is 0.450. The molecule has 1 aromatic carbocycles. The maximum atomic E-state index is 4.55. The molecule has 0 spiro atoms. The molecule has 2 aromatic heterocycles. The topological polar surface area (TPSA) is 74.7 Å². The van der Waals surface area contributed by atoms with E-state index in [1.54, 1.807) is 0 Å². The zero-order valence-corrected chi connectivity index (χ0v) is 15.4. The summed E-state index contributed by atoms with van der Waals surface area (Å²) in [7, 11) is 0. The SMILES string of the molecule is c1ccc(-c2ncc(CN3CCC(c4nnc5n4CCNC5)CC3)[nH]2)cc1. The molecule has 27 heavy (non-hydrogen) atoms. The average molecular weight is 363 g/mol. The lowest BCUT2D eigenvalue weighted by Gasteiger charge is -2.31. The van der Waals surface area contributed by atoms with Crippen LogP contribution in [-0.4, -0.2) is 49.3 Å². The van der Waals surface area contributed by atoms with Gasteiger partial charge in [-0.2, -0.15) is 0 Å². The molecule has 5 rings (SSSR count). The molecular formula is C20H25N7. The van der Waals surface area contributed by atoms with Crippen molar-refractivity contribution in [1.29, 1.82) is 0 Å². The van der Waals surface area contributed by atoms with Gasteiger partial charge in [-0.25, -0.2) is 4.98 Å². The zero-order valence-electron chi connectivity index (χ0n) is 15.4. The van der Waals surface area contributed by atoms with Crippen LogP contribution in [-0.2, 0) is 19.6 Å². The van der Waals surface area contributed by atoms with E-state index in [1.807, 2.05) is 24.4 Å². The van der Waals surface area contributed by atoms with Gasteiger partial charge in [0.1, 0.15) is 17.5 Å². The number of hydrogen-bond acceptors (Lipinski definition) is 5. The minimum absolute atomic E-state index is 0.530. The molecule has 3 aromatic rings. The van der Waals surface area contributed by atoms with Crippen molar-refractivity contribution in [3.05, 3.63) is 53.9 Å². The summed E-state index contributed by atoms with van der Waals surface area (Å²) >= 11 is 0. The van der Waals surface area contributed by atoms with Crippen LogP contribution in [0.2, 0.25) is 0 Å². The van der Waals surface area contributed by atoms with Crippen molar-refractivity contribution < 1.29 is 0 Å². The van der Waals surface area contributed by atoms with Crippen molar-refractivity contribution in [3.63, 3.8) is 0 Å². The second-order valence-electron chi connectivity index (χ2n) is 7.48. The van der Waals surface area contributed by atoms with Gasteiger partial charge in [0.05, 0.1) is 6.54 Å². The Bertz CT molecular complexity index is 890. The number of piperidine rings is 1. The van der Waals surface area contributed by atoms with E-state index in [-0.39, 0.29) is 0 Å². The van der Waals surface area contributed by atoms with E-state index in [4.69, 9.17) is 0 Å². The first kappa shape index (κ1) is 16.6. The summed E-state index contributed by atoms with van der Waals surface area (Å²) in [4.78, 5) is 10.5. The molecule has 2 aliphatic heterocycles. The number of likely N-dealkylation sites (tertiary alicyclic amines) is 1. The van der Waals surface area contributed by atoms with Crippen LogP contribution in [0.4, 0.5) is 0 Å². The Kier molecular flexibility index (Phi) is 4.47. The van der Waals surface area contributed by atoms with Gasteiger partial charge in [0, 0.05) is 43.0 Å². The van der Waals surface area contributed by atoms with Gasteiger partial charge in [-0.1, -0.05) is 30.3 Å². The highest BCUT2D eigenvalue weighted by atomic mass is 15.3. The van der Waals surface area contributed by atoms with Crippen molar-refractivity contribution in [2.45, 2.75) is 38.4 Å². The highest BCUT2D eigenvalue weighted by Gasteiger charge is 2.27. The van der Waals surface area contributed by atoms with Crippen LogP contribution in [0.15, 0.2) is 36.5 Å². The maximum absolute atomic E-state index is 4.55. The smallest absolute Gasteiger partial charge is 0.147 e. The first-order valence-electron chi connectivity index (χ1n) is 9.81. The molecule has 0 saturated carbocycles. The summed E-state index contributed by atoms with van der Waals surface area (Å²) in [6.07, 6.45) is 4.26. The van der Waals surface area contributed by atoms with Crippen LogP contribution in [0.1, 0.15) is 36.1 Å². The van der Waals surface area contributed by atoms with E-state index in [0.717, 1.165) is 69.3 Å². The number of imidazole rings is 1. The summed E-state index contributed by atoms with van der Waals surface area (Å²) in [6.45, 7) is 5.95. The molecule has 0 bridgehead atoms. The Morgan fingerprint density at radius 2 is 1.89 bits per heavy atom. The van der Waals surface area contributed by atoms with Crippen molar-refractivity contribution in [2.75, 3.05) is 19.6 Å². The number of nitrogens with zero attached hydrogens (tertiary/aromatic N) is 5. The first-order chi connectivity index (χ1) is 13.4. The van der Waals surface area contributed by atoms with E-state index >= 15 is 0 Å². The maximum Gasteiger partial charge on any atom is 0.147 e. The predicted octanol–water partition coefficient (Wildman–Crippen LogP) is 2.15. The number of fused-ring (bicyclic) bond motifs is 1. The fourth-order valence-electron chi connectivity index (χ4n) is 4.19. The molecule has 0 radical (unpaired) electrons. The van der Waals surface area contributed by atoms with Gasteiger partial charge in [0.25, 0.3) is 0 Å². The van der Waals surface area contributed by atoms with E-state index in [2.05, 4.69) is 47.1 Å². The molecule has 2 N–H and O–H groups in total. The lowest BCUT2D eigenvalue weighted by Crippen LogP contribution is -2.34. The van der Waals surface area contributed by atoms with E-state index in [1.165, 1.54) is 11.5 Å². The fourth-order valence-corrected chi connectivity index (χ4v) is 4.19. The second kappa shape index (κ2) is 7.25. The van der Waals surface area contributed by atoms with E-state index < -0.39 is 0 Å². The standard InChI is InChI=1S/C20H25N7/c1-2-4-15(5-3-1)19-22-12-17(23-19)14-26-9-6-16(7-10-26)20-25-24-18-13-21-8-11-27(18)20/h1-5,12,16,21H,6-11,13-14H2,(H,22,23). The Hall–Kier alpha value is -2.51. The zero-order chi connectivity index (χ0) is 18.1. The van der Waals surface area contributed by atoms with Gasteiger partial charge in [-0.05, 0) is 25.9 Å². The van der Waals surface area contributed by atoms with Crippen molar-refractivity contribution in [2.24, 2.45) is 0 Å². The third-order valence-corrected chi connectivity index (χ3v) is 5.67. The molecule has 0 atom stereocenters. The summed E-state index contributed by atoms with van der Waals surface area (Å²) in [5.74, 6) is 3.76. The van der Waals surface area contributed by atoms with E-state index in [0.29, 0.717) is 5.92 Å². The van der Waals surface area contributed by atoms with Crippen molar-refractivity contribution >= 4 is 0 Å². The van der Waals surface area contributed by atoms with Crippen molar-refractivity contribution in [1.82, 2.24) is 34.9 Å². The Balaban J connectivity index is 1.20. The van der Waals surface area contributed by atoms with Gasteiger partial charge in [-0.3, -0.25) is 4.90 Å². The molecular weight excluding hydrogens is 338 g/mol. The summed E-state index contributed by atoms with van der Waals surface area (Å²) < 4.78 is 2.33. The number of H-pyrrole nitrogens is 1. The summed E-state index contributed by atoms with van der Waals surface area (Å²) in [5, 5.41) is 12.2. The third kappa shape index (κ3) is 3.40. The van der Waals surface area contributed by atoms with Crippen LogP contribution < -0.4 is 5.32 Å². The van der Waals surface area contributed by atoms with Crippen LogP contribution in [0.25, 0.3) is 11.4 Å². The Morgan fingerprint density at radius 1 is 1.04 bits per heavy atom. The highest BCUT2D eigenvalue weighted by molar-refractivity contribution is 5.54. The predicted molar refractivity (Wildman–Crippen MR) is 103 cm³/mol. The number of rotatable bonds is 4. The van der Waals surface area contributed by atoms with Crippen LogP contribution in [0.5, 0.6) is 0 Å². The molecule has 1 fully saturated rings. The van der Waals surface area contributed by atoms with Gasteiger partial charge in [0.15, 0.2) is 0 Å². The number of hydrogen-bond donors (Lipinski definition) is 2. The number of aromatic amines is 1. The van der Waals surface area contributed by atoms with Gasteiger partial charge >= 0.3 is 0 Å². The molecule has 7 nitrogen and oxygen atoms in total.